The van der Waals surface area contributed by atoms with Crippen molar-refractivity contribution in [2.45, 2.75) is 12.5 Å². The van der Waals surface area contributed by atoms with Crippen LogP contribution in [-0.4, -0.2) is 19.1 Å². The van der Waals surface area contributed by atoms with Gasteiger partial charge in [-0.3, -0.25) is 4.79 Å². The molecule has 3 aromatic rings. The van der Waals surface area contributed by atoms with E-state index in [1.54, 1.807) is 0 Å². The number of hydrogen-bond acceptors (Lipinski definition) is 2. The van der Waals surface area contributed by atoms with Crippen LogP contribution in [0, 0.1) is 0 Å². The van der Waals surface area contributed by atoms with Gasteiger partial charge in [-0.2, -0.15) is 0 Å². The topological polar surface area (TPSA) is 38.3 Å². The lowest BCUT2D eigenvalue weighted by molar-refractivity contribution is -0.118. The maximum Gasteiger partial charge on any atom is 0.247 e. The predicted octanol–water partition coefficient (Wildman–Crippen LogP) is 4.39. The number of carbonyl (C=O) groups excluding carboxylic acids is 1. The largest absolute Gasteiger partial charge is 0.377 e. The maximum absolute atomic E-state index is 12.8. The number of nitrogens with one attached hydrogen (secondary N) is 1. The highest BCUT2D eigenvalue weighted by molar-refractivity contribution is 5.94. The molecule has 0 spiro atoms. The van der Waals surface area contributed by atoms with Gasteiger partial charge in [-0.15, -0.1) is 0 Å². The summed E-state index contributed by atoms with van der Waals surface area (Å²) >= 11 is 0. The fourth-order valence-corrected chi connectivity index (χ4v) is 3.35. The molecule has 0 aromatic heterocycles. The van der Waals surface area contributed by atoms with Gasteiger partial charge in [0.2, 0.25) is 5.91 Å². The van der Waals surface area contributed by atoms with Crippen LogP contribution in [0.3, 0.4) is 0 Å². The van der Waals surface area contributed by atoms with Gasteiger partial charge in [-0.25, -0.2) is 0 Å². The van der Waals surface area contributed by atoms with Crippen LogP contribution in [0.4, 0.5) is 0 Å². The molecule has 0 fully saturated rings. The van der Waals surface area contributed by atoms with Crippen molar-refractivity contribution in [1.82, 2.24) is 5.32 Å². The van der Waals surface area contributed by atoms with Crippen LogP contribution >= 0.6 is 0 Å². The molecule has 26 heavy (non-hydrogen) atoms. The Kier molecular flexibility index (Phi) is 4.80. The molecule has 130 valence electrons. The summed E-state index contributed by atoms with van der Waals surface area (Å²) in [5.74, 6) is -0.0182. The second kappa shape index (κ2) is 7.54. The highest BCUT2D eigenvalue weighted by atomic mass is 16.5. The van der Waals surface area contributed by atoms with Crippen LogP contribution in [0.2, 0.25) is 0 Å². The molecule has 0 radical (unpaired) electrons. The van der Waals surface area contributed by atoms with Crippen LogP contribution in [0.1, 0.15) is 23.6 Å². The van der Waals surface area contributed by atoms with Crippen molar-refractivity contribution in [3.8, 4) is 0 Å². The van der Waals surface area contributed by atoms with E-state index in [0.29, 0.717) is 19.6 Å². The van der Waals surface area contributed by atoms with E-state index in [9.17, 15) is 4.79 Å². The van der Waals surface area contributed by atoms with Crippen molar-refractivity contribution < 1.29 is 9.53 Å². The number of carbonyl (C=O) groups is 1. The van der Waals surface area contributed by atoms with Gasteiger partial charge in [0.15, 0.2) is 0 Å². The Bertz CT molecular complexity index is 947. The van der Waals surface area contributed by atoms with Crippen LogP contribution < -0.4 is 5.32 Å². The third kappa shape index (κ3) is 3.53. The summed E-state index contributed by atoms with van der Waals surface area (Å²) in [5.41, 5.74) is 2.96. The second-order valence-electron chi connectivity index (χ2n) is 6.48. The average molecular weight is 343 g/mol. The molecule has 3 aromatic carbocycles. The normalized spacial score (nSPS) is 15.3. The highest BCUT2D eigenvalue weighted by Crippen LogP contribution is 2.26. The molecule has 0 saturated heterocycles. The van der Waals surface area contributed by atoms with E-state index < -0.39 is 0 Å². The number of ether oxygens (including phenoxy) is 1. The fraction of sp³-hybridized carbons (Fsp3) is 0.174. The van der Waals surface area contributed by atoms with Gasteiger partial charge in [0.25, 0.3) is 0 Å². The van der Waals surface area contributed by atoms with Gasteiger partial charge in [-0.1, -0.05) is 72.8 Å². The lowest BCUT2D eigenvalue weighted by Crippen LogP contribution is -2.31. The van der Waals surface area contributed by atoms with Crippen LogP contribution in [0.15, 0.2) is 84.4 Å². The number of fused-ring (bicyclic) bond motifs is 1. The number of benzene rings is 3. The van der Waals surface area contributed by atoms with Gasteiger partial charge in [0.05, 0.1) is 19.3 Å². The van der Waals surface area contributed by atoms with E-state index >= 15 is 0 Å². The molecule has 1 aliphatic heterocycles. The molecule has 0 aliphatic carbocycles. The number of rotatable bonds is 4. The Morgan fingerprint density at radius 1 is 0.885 bits per heavy atom. The molecule has 4 rings (SSSR count). The molecule has 1 N–H and O–H groups in total. The average Bonchev–Trinajstić information content (AvgIpc) is 2.73. The van der Waals surface area contributed by atoms with Crippen molar-refractivity contribution in [2.75, 3.05) is 13.2 Å². The molecule has 1 aliphatic rings. The first kappa shape index (κ1) is 16.6. The highest BCUT2D eigenvalue weighted by Gasteiger charge is 2.20. The predicted molar refractivity (Wildman–Crippen MR) is 104 cm³/mol. The molecule has 0 unspecified atom stereocenters. The van der Waals surface area contributed by atoms with Gasteiger partial charge in [-0.05, 0) is 28.0 Å². The Labute approximate surface area is 153 Å². The Morgan fingerprint density at radius 2 is 1.65 bits per heavy atom. The first-order chi connectivity index (χ1) is 12.8. The monoisotopic (exact) mass is 343 g/mol. The smallest absolute Gasteiger partial charge is 0.247 e. The second-order valence-corrected chi connectivity index (χ2v) is 6.48. The molecule has 0 bridgehead atoms. The van der Waals surface area contributed by atoms with Crippen LogP contribution in [-0.2, 0) is 9.53 Å². The Hall–Kier alpha value is -2.91. The Morgan fingerprint density at radius 3 is 2.42 bits per heavy atom. The van der Waals surface area contributed by atoms with E-state index in [2.05, 4.69) is 47.8 Å². The van der Waals surface area contributed by atoms with Gasteiger partial charge >= 0.3 is 0 Å². The third-order valence-electron chi connectivity index (χ3n) is 4.77. The standard InChI is InChI=1S/C23H21NO2/c25-23(19-12-14-26-15-13-19)24-22(18-7-2-1-3-8-18)21-11-10-17-6-4-5-9-20(17)16-21/h1-12,16,22H,13-15H2,(H,24,25)/t22-/m1/s1. The molecular formula is C23H21NO2. The van der Waals surface area contributed by atoms with E-state index in [0.717, 1.165) is 16.7 Å². The molecular weight excluding hydrogens is 322 g/mol. The zero-order valence-electron chi connectivity index (χ0n) is 14.5. The zero-order valence-corrected chi connectivity index (χ0v) is 14.5. The summed E-state index contributed by atoms with van der Waals surface area (Å²) in [7, 11) is 0. The molecule has 0 saturated carbocycles. The summed E-state index contributed by atoms with van der Waals surface area (Å²) in [5, 5.41) is 5.59. The van der Waals surface area contributed by atoms with Crippen LogP contribution in [0.25, 0.3) is 10.8 Å². The molecule has 1 heterocycles. The number of hydrogen-bond donors (Lipinski definition) is 1. The van der Waals surface area contributed by atoms with Crippen LogP contribution in [0.5, 0.6) is 0 Å². The minimum Gasteiger partial charge on any atom is -0.377 e. The lowest BCUT2D eigenvalue weighted by atomic mass is 9.95. The zero-order chi connectivity index (χ0) is 17.8. The summed E-state index contributed by atoms with van der Waals surface area (Å²) in [6, 6.07) is 24.6. The van der Waals surface area contributed by atoms with Crippen molar-refractivity contribution >= 4 is 16.7 Å². The van der Waals surface area contributed by atoms with Gasteiger partial charge in [0.1, 0.15) is 0 Å². The van der Waals surface area contributed by atoms with Crippen molar-refractivity contribution in [3.63, 3.8) is 0 Å². The summed E-state index contributed by atoms with van der Waals surface area (Å²) in [4.78, 5) is 12.8. The summed E-state index contributed by atoms with van der Waals surface area (Å²) < 4.78 is 5.32. The quantitative estimate of drug-likeness (QED) is 0.763. The number of amides is 1. The summed E-state index contributed by atoms with van der Waals surface area (Å²) in [6.07, 6.45) is 2.53. The van der Waals surface area contributed by atoms with E-state index in [4.69, 9.17) is 4.74 Å². The molecule has 1 atom stereocenters. The molecule has 3 nitrogen and oxygen atoms in total. The first-order valence-corrected chi connectivity index (χ1v) is 8.92. The van der Waals surface area contributed by atoms with E-state index in [-0.39, 0.29) is 11.9 Å². The lowest BCUT2D eigenvalue weighted by Gasteiger charge is -2.22. The summed E-state index contributed by atoms with van der Waals surface area (Å²) in [6.45, 7) is 1.11. The van der Waals surface area contributed by atoms with Crippen molar-refractivity contribution in [1.29, 1.82) is 0 Å². The SMILES string of the molecule is O=C(N[C@H](c1ccccc1)c1ccc2ccccc2c1)C1=CCOCC1. The van der Waals surface area contributed by atoms with E-state index in [1.807, 2.05) is 36.4 Å². The van der Waals surface area contributed by atoms with Gasteiger partial charge < -0.3 is 10.1 Å². The third-order valence-corrected chi connectivity index (χ3v) is 4.77. The molecule has 3 heteroatoms. The van der Waals surface area contributed by atoms with E-state index in [1.165, 1.54) is 10.8 Å². The van der Waals surface area contributed by atoms with Crippen molar-refractivity contribution in [3.05, 3.63) is 95.6 Å². The first-order valence-electron chi connectivity index (χ1n) is 8.92. The minimum absolute atomic E-state index is 0.0182. The minimum atomic E-state index is -0.183. The van der Waals surface area contributed by atoms with Gasteiger partial charge in [0, 0.05) is 12.0 Å². The fourth-order valence-electron chi connectivity index (χ4n) is 3.35. The van der Waals surface area contributed by atoms with Crippen molar-refractivity contribution in [2.24, 2.45) is 0 Å². The maximum atomic E-state index is 12.8. The Balaban J connectivity index is 1.70. The molecule has 1 amide bonds.